The van der Waals surface area contributed by atoms with Gasteiger partial charge in [-0.25, -0.2) is 8.42 Å². The third-order valence-corrected chi connectivity index (χ3v) is 3.50. The lowest BCUT2D eigenvalue weighted by Crippen LogP contribution is -2.51. The number of amides is 1. The number of carbonyl (C=O) groups is 1. The summed E-state index contributed by atoms with van der Waals surface area (Å²) in [7, 11) is -2.99. The average Bonchev–Trinajstić information content (AvgIpc) is 2.10. The molecule has 0 aliphatic carbocycles. The third-order valence-electron chi connectivity index (χ3n) is 2.53. The Morgan fingerprint density at radius 1 is 1.33 bits per heavy atom. The second-order valence-corrected chi connectivity index (χ2v) is 7.93. The minimum atomic E-state index is -2.99. The molecule has 0 fully saturated rings. The van der Waals surface area contributed by atoms with Gasteiger partial charge >= 0.3 is 0 Å². The van der Waals surface area contributed by atoms with E-state index in [2.05, 4.69) is 5.32 Å². The molecule has 0 rings (SSSR count). The van der Waals surface area contributed by atoms with E-state index >= 15 is 0 Å². The summed E-state index contributed by atoms with van der Waals surface area (Å²) >= 11 is 0. The highest BCUT2D eigenvalue weighted by molar-refractivity contribution is 7.90. The lowest BCUT2D eigenvalue weighted by molar-refractivity contribution is -0.125. The van der Waals surface area contributed by atoms with Gasteiger partial charge in [-0.3, -0.25) is 4.79 Å². The number of hydrogen-bond acceptors (Lipinski definition) is 4. The predicted molar refractivity (Wildman–Crippen MR) is 76.6 cm³/mol. The fourth-order valence-electron chi connectivity index (χ4n) is 1.19. The highest BCUT2D eigenvalue weighted by Gasteiger charge is 2.28. The summed E-state index contributed by atoms with van der Waals surface area (Å²) in [6, 6.07) is -0.784. The van der Waals surface area contributed by atoms with Gasteiger partial charge in [0.15, 0.2) is 0 Å². The molecule has 110 valence electrons. The zero-order valence-corrected chi connectivity index (χ0v) is 13.3. The third kappa shape index (κ3) is 8.72. The zero-order valence-electron chi connectivity index (χ0n) is 11.7. The van der Waals surface area contributed by atoms with E-state index in [1.807, 2.05) is 20.8 Å². The van der Waals surface area contributed by atoms with Crippen molar-refractivity contribution in [2.75, 3.05) is 12.0 Å². The van der Waals surface area contributed by atoms with Crippen LogP contribution in [0, 0.1) is 5.41 Å². The summed E-state index contributed by atoms with van der Waals surface area (Å²) in [6.45, 7) is 7.44. The van der Waals surface area contributed by atoms with Crippen LogP contribution in [-0.4, -0.2) is 38.4 Å². The molecule has 0 aromatic heterocycles. The Kier molecular flexibility index (Phi) is 8.12. The summed E-state index contributed by atoms with van der Waals surface area (Å²) in [5.41, 5.74) is 5.49. The standard InChI is InChI=1S/C11H24N2O3S.ClH/c1-8(6-7-17(5,15)16)13-10(14)9(12)11(2,3)4;/h8-9H,6-7,12H2,1-5H3,(H,13,14);1H/t8?,9-;/m1./s1. The molecule has 0 bridgehead atoms. The van der Waals surface area contributed by atoms with Crippen LogP contribution in [-0.2, 0) is 14.6 Å². The highest BCUT2D eigenvalue weighted by Crippen LogP contribution is 2.17. The summed E-state index contributed by atoms with van der Waals surface area (Å²) in [6.07, 6.45) is 1.59. The van der Waals surface area contributed by atoms with Crippen molar-refractivity contribution in [1.82, 2.24) is 5.32 Å². The van der Waals surface area contributed by atoms with Crippen LogP contribution in [0.5, 0.6) is 0 Å². The maximum absolute atomic E-state index is 11.7. The van der Waals surface area contributed by atoms with Crippen LogP contribution in [0.2, 0.25) is 0 Å². The van der Waals surface area contributed by atoms with Crippen molar-refractivity contribution in [1.29, 1.82) is 0 Å². The molecule has 0 aromatic carbocycles. The van der Waals surface area contributed by atoms with Crippen LogP contribution >= 0.6 is 12.4 Å². The van der Waals surface area contributed by atoms with Gasteiger partial charge in [0.1, 0.15) is 9.84 Å². The second-order valence-electron chi connectivity index (χ2n) is 5.67. The van der Waals surface area contributed by atoms with Gasteiger partial charge in [-0.15, -0.1) is 12.4 Å². The molecule has 1 unspecified atom stereocenters. The fourth-order valence-corrected chi connectivity index (χ4v) is 1.97. The van der Waals surface area contributed by atoms with Gasteiger partial charge in [0.25, 0.3) is 0 Å². The van der Waals surface area contributed by atoms with Crippen LogP contribution in [0.3, 0.4) is 0 Å². The van der Waals surface area contributed by atoms with Crippen LogP contribution in [0.4, 0.5) is 0 Å². The molecule has 18 heavy (non-hydrogen) atoms. The Balaban J connectivity index is 0. The van der Waals surface area contributed by atoms with Gasteiger partial charge in [-0.1, -0.05) is 20.8 Å². The van der Waals surface area contributed by atoms with E-state index in [0.29, 0.717) is 6.42 Å². The Morgan fingerprint density at radius 2 is 1.78 bits per heavy atom. The van der Waals surface area contributed by atoms with Gasteiger partial charge in [-0.05, 0) is 18.8 Å². The molecule has 3 N–H and O–H groups in total. The minimum Gasteiger partial charge on any atom is -0.352 e. The molecule has 0 spiro atoms. The summed E-state index contributed by atoms with van der Waals surface area (Å²) in [5.74, 6) is -0.169. The molecule has 0 aromatic rings. The van der Waals surface area contributed by atoms with E-state index in [1.54, 1.807) is 6.92 Å². The number of rotatable bonds is 5. The van der Waals surface area contributed by atoms with E-state index in [4.69, 9.17) is 5.73 Å². The Labute approximate surface area is 116 Å². The van der Waals surface area contributed by atoms with Crippen LogP contribution in [0.25, 0.3) is 0 Å². The number of sulfone groups is 1. The maximum Gasteiger partial charge on any atom is 0.237 e. The summed E-state index contributed by atoms with van der Waals surface area (Å²) < 4.78 is 22.0. The van der Waals surface area contributed by atoms with Crippen molar-refractivity contribution in [2.24, 2.45) is 11.1 Å². The molecule has 0 saturated carbocycles. The lowest BCUT2D eigenvalue weighted by Gasteiger charge is -2.27. The molecule has 2 atom stereocenters. The van der Waals surface area contributed by atoms with Gasteiger partial charge in [0.2, 0.25) is 5.91 Å². The molecule has 0 heterocycles. The molecule has 1 amide bonds. The first-order chi connectivity index (χ1) is 7.43. The SMILES string of the molecule is CC(CCS(C)(=O)=O)NC(=O)[C@@H](N)C(C)(C)C.Cl. The van der Waals surface area contributed by atoms with E-state index in [9.17, 15) is 13.2 Å². The number of nitrogens with two attached hydrogens (primary N) is 1. The Bertz CT molecular complexity index is 363. The van der Waals surface area contributed by atoms with Crippen molar-refractivity contribution in [3.63, 3.8) is 0 Å². The van der Waals surface area contributed by atoms with Crippen molar-refractivity contribution in [2.45, 2.75) is 46.2 Å². The summed E-state index contributed by atoms with van der Waals surface area (Å²) in [5, 5.41) is 2.73. The van der Waals surface area contributed by atoms with Gasteiger partial charge in [0, 0.05) is 12.3 Å². The number of halogens is 1. The van der Waals surface area contributed by atoms with Crippen LogP contribution < -0.4 is 11.1 Å². The van der Waals surface area contributed by atoms with Gasteiger partial charge in [-0.2, -0.15) is 0 Å². The topological polar surface area (TPSA) is 89.3 Å². The van der Waals surface area contributed by atoms with Crippen molar-refractivity contribution in [3.05, 3.63) is 0 Å². The van der Waals surface area contributed by atoms with Crippen molar-refractivity contribution >= 4 is 28.2 Å². The molecule has 7 heteroatoms. The molecule has 0 radical (unpaired) electrons. The molecule has 0 saturated heterocycles. The van der Waals surface area contributed by atoms with Gasteiger partial charge in [0.05, 0.1) is 11.8 Å². The first-order valence-corrected chi connectivity index (χ1v) is 7.73. The number of carbonyl (C=O) groups excluding carboxylic acids is 1. The Hall–Kier alpha value is -0.330. The van der Waals surface area contributed by atoms with Crippen LogP contribution in [0.15, 0.2) is 0 Å². The maximum atomic E-state index is 11.7. The van der Waals surface area contributed by atoms with Crippen LogP contribution in [0.1, 0.15) is 34.1 Å². The first-order valence-electron chi connectivity index (χ1n) is 5.67. The molecular formula is C11H25ClN2O3S. The smallest absolute Gasteiger partial charge is 0.237 e. The molecular weight excluding hydrogens is 276 g/mol. The zero-order chi connectivity index (χ0) is 13.9. The van der Waals surface area contributed by atoms with Crippen molar-refractivity contribution in [3.8, 4) is 0 Å². The van der Waals surface area contributed by atoms with E-state index in [0.717, 1.165) is 0 Å². The van der Waals surface area contributed by atoms with E-state index in [1.165, 1.54) is 6.26 Å². The monoisotopic (exact) mass is 300 g/mol. The fraction of sp³-hybridized carbons (Fsp3) is 0.909. The molecule has 5 nitrogen and oxygen atoms in total. The average molecular weight is 301 g/mol. The minimum absolute atomic E-state index is 0. The second kappa shape index (κ2) is 7.31. The van der Waals surface area contributed by atoms with E-state index < -0.39 is 15.9 Å². The molecule has 0 aliphatic heterocycles. The predicted octanol–water partition coefficient (Wildman–Crippen LogP) is 0.721. The van der Waals surface area contributed by atoms with Crippen molar-refractivity contribution < 1.29 is 13.2 Å². The normalized spacial score (nSPS) is 15.4. The quantitative estimate of drug-likeness (QED) is 0.783. The van der Waals surface area contributed by atoms with E-state index in [-0.39, 0.29) is 35.5 Å². The Morgan fingerprint density at radius 3 is 2.11 bits per heavy atom. The molecule has 0 aliphatic rings. The van der Waals surface area contributed by atoms with Gasteiger partial charge < -0.3 is 11.1 Å². The lowest BCUT2D eigenvalue weighted by atomic mass is 9.87. The number of hydrogen-bond donors (Lipinski definition) is 2. The first kappa shape index (κ1) is 20.0. The largest absolute Gasteiger partial charge is 0.352 e. The number of nitrogens with one attached hydrogen (secondary N) is 1. The highest BCUT2D eigenvalue weighted by atomic mass is 35.5. The summed E-state index contributed by atoms with van der Waals surface area (Å²) in [4.78, 5) is 11.7.